The summed E-state index contributed by atoms with van der Waals surface area (Å²) < 4.78 is 16.7. The normalized spacial score (nSPS) is 28.3. The van der Waals surface area contributed by atoms with Crippen LogP contribution in [0, 0.1) is 0 Å². The number of ether oxygens (including phenoxy) is 3. The topological polar surface area (TPSA) is 123 Å². The fourth-order valence-electron chi connectivity index (χ4n) is 4.10. The lowest BCUT2D eigenvalue weighted by atomic mass is 9.82. The summed E-state index contributed by atoms with van der Waals surface area (Å²) in [7, 11) is 0. The van der Waals surface area contributed by atoms with E-state index < -0.39 is 42.8 Å². The minimum absolute atomic E-state index is 0.0800. The van der Waals surface area contributed by atoms with Crippen molar-refractivity contribution < 1.29 is 39.1 Å². The van der Waals surface area contributed by atoms with Crippen LogP contribution in [0.25, 0.3) is 6.08 Å². The predicted molar refractivity (Wildman–Crippen MR) is 105 cm³/mol. The number of carbonyl (C=O) groups is 2. The lowest BCUT2D eigenvalue weighted by Gasteiger charge is -2.35. The van der Waals surface area contributed by atoms with Crippen LogP contribution in [0.2, 0.25) is 0 Å². The lowest BCUT2D eigenvalue weighted by Crippen LogP contribution is -2.47. The molecule has 1 aliphatic carbocycles. The van der Waals surface area contributed by atoms with Crippen LogP contribution in [0.3, 0.4) is 0 Å². The van der Waals surface area contributed by atoms with Gasteiger partial charge in [0, 0.05) is 11.1 Å². The Morgan fingerprint density at radius 3 is 2.70 bits per heavy atom. The van der Waals surface area contributed by atoms with Gasteiger partial charge in [-0.05, 0) is 37.1 Å². The molecule has 30 heavy (non-hydrogen) atoms. The maximum atomic E-state index is 13.3. The first kappa shape index (κ1) is 20.7. The lowest BCUT2D eigenvalue weighted by molar-refractivity contribution is -0.241. The predicted octanol–water partition coefficient (Wildman–Crippen LogP) is 2.02. The van der Waals surface area contributed by atoms with Gasteiger partial charge in [-0.2, -0.15) is 0 Å². The summed E-state index contributed by atoms with van der Waals surface area (Å²) in [6.45, 7) is 3.17. The molecule has 0 amide bonds. The summed E-state index contributed by atoms with van der Waals surface area (Å²) >= 11 is 0. The number of phenolic OH excluding ortho intramolecular Hbond substituents is 1. The number of carbonyl (C=O) groups excluding carboxylic acids is 2. The van der Waals surface area contributed by atoms with Crippen molar-refractivity contribution >= 4 is 17.6 Å². The average Bonchev–Trinajstić information content (AvgIpc) is 2.70. The van der Waals surface area contributed by atoms with Gasteiger partial charge < -0.3 is 29.5 Å². The van der Waals surface area contributed by atoms with Crippen LogP contribution in [0.1, 0.15) is 64.6 Å². The second-order valence-corrected chi connectivity index (χ2v) is 7.68. The zero-order valence-electron chi connectivity index (χ0n) is 16.8. The number of ketones is 2. The second kappa shape index (κ2) is 7.96. The molecule has 4 rings (SSSR count). The third kappa shape index (κ3) is 3.35. The quantitative estimate of drug-likeness (QED) is 0.681. The van der Waals surface area contributed by atoms with E-state index in [-0.39, 0.29) is 29.1 Å². The number of aromatic hydroxyl groups is 1. The maximum absolute atomic E-state index is 13.3. The molecule has 0 spiro atoms. The van der Waals surface area contributed by atoms with Gasteiger partial charge >= 0.3 is 0 Å². The highest BCUT2D eigenvalue weighted by atomic mass is 16.7. The first-order valence-corrected chi connectivity index (χ1v) is 9.97. The zero-order valence-corrected chi connectivity index (χ0v) is 16.8. The monoisotopic (exact) mass is 416 g/mol. The number of Topliss-reactive ketones (excluding diaryl/α,β-unsaturated/α-hetero) is 1. The van der Waals surface area contributed by atoms with E-state index in [1.54, 1.807) is 19.1 Å². The van der Waals surface area contributed by atoms with Gasteiger partial charge in [0.2, 0.25) is 0 Å². The summed E-state index contributed by atoms with van der Waals surface area (Å²) in [5.41, 5.74) is 1.06. The Labute approximate surface area is 173 Å². The molecule has 8 heteroatoms. The van der Waals surface area contributed by atoms with Crippen LogP contribution in [-0.4, -0.2) is 58.6 Å². The van der Waals surface area contributed by atoms with Crippen molar-refractivity contribution in [2.24, 2.45) is 0 Å². The minimum Gasteiger partial charge on any atom is -0.507 e. The Morgan fingerprint density at radius 2 is 2.00 bits per heavy atom. The molecule has 3 aliphatic rings. The molecule has 0 saturated carbocycles. The highest BCUT2D eigenvalue weighted by molar-refractivity contribution is 6.26. The van der Waals surface area contributed by atoms with Gasteiger partial charge in [0.05, 0.1) is 30.1 Å². The Kier molecular flexibility index (Phi) is 5.50. The van der Waals surface area contributed by atoms with Gasteiger partial charge in [0.1, 0.15) is 24.1 Å². The highest BCUT2D eigenvalue weighted by Gasteiger charge is 2.40. The molecule has 0 bridgehead atoms. The van der Waals surface area contributed by atoms with Gasteiger partial charge in [-0.25, -0.2) is 0 Å². The number of fused-ring (bicyclic) bond motifs is 2. The van der Waals surface area contributed by atoms with Gasteiger partial charge in [-0.1, -0.05) is 13.3 Å². The maximum Gasteiger partial charge on any atom is 0.198 e. The summed E-state index contributed by atoms with van der Waals surface area (Å²) in [5.74, 6) is -0.655. The molecule has 160 valence electrons. The molecule has 1 aromatic rings. The van der Waals surface area contributed by atoms with Gasteiger partial charge in [0.15, 0.2) is 17.9 Å². The Bertz CT molecular complexity index is 960. The molecule has 1 unspecified atom stereocenters. The number of aliphatic hydroxyl groups is 2. The van der Waals surface area contributed by atoms with E-state index in [0.717, 1.165) is 12.5 Å². The van der Waals surface area contributed by atoms with Gasteiger partial charge in [0.25, 0.3) is 0 Å². The first-order valence-electron chi connectivity index (χ1n) is 9.97. The Balaban J connectivity index is 1.77. The molecule has 4 atom stereocenters. The highest BCUT2D eigenvalue weighted by Crippen LogP contribution is 2.44. The molecule has 0 radical (unpaired) electrons. The molecule has 0 aromatic heterocycles. The minimum atomic E-state index is -1.23. The standard InChI is InChI=1S/C22H24O8/c1-3-4-16-18-11(5-10(2)29-16)6-12-14(24)7-13(20(26)19(12)21(18)27)22-28-9-15(25)17(8-23)30-22/h5-7,15-17,22-23,25,27H,3-4,8-9H2,1-2H3/t15-,16?,17+,22+/m1/s1. The van der Waals surface area contributed by atoms with E-state index in [1.807, 2.05) is 6.92 Å². The summed E-state index contributed by atoms with van der Waals surface area (Å²) in [6, 6.07) is 1.61. The Morgan fingerprint density at radius 1 is 1.23 bits per heavy atom. The van der Waals surface area contributed by atoms with Gasteiger partial charge in [-0.3, -0.25) is 9.59 Å². The number of hydrogen-bond donors (Lipinski definition) is 3. The Hall–Kier alpha value is -2.52. The van der Waals surface area contributed by atoms with Crippen LogP contribution in [0.5, 0.6) is 5.75 Å². The van der Waals surface area contributed by atoms with E-state index in [1.165, 1.54) is 0 Å². The fourth-order valence-corrected chi connectivity index (χ4v) is 4.10. The average molecular weight is 416 g/mol. The van der Waals surface area contributed by atoms with Crippen molar-refractivity contribution in [1.82, 2.24) is 0 Å². The number of hydrogen-bond acceptors (Lipinski definition) is 8. The molecule has 2 aliphatic heterocycles. The van der Waals surface area contributed by atoms with Crippen molar-refractivity contribution in [3.63, 3.8) is 0 Å². The number of rotatable bonds is 4. The van der Waals surface area contributed by atoms with E-state index >= 15 is 0 Å². The van der Waals surface area contributed by atoms with E-state index in [2.05, 4.69) is 0 Å². The number of aliphatic hydroxyl groups excluding tert-OH is 2. The van der Waals surface area contributed by atoms with Crippen molar-refractivity contribution in [3.8, 4) is 5.75 Å². The van der Waals surface area contributed by atoms with E-state index in [9.17, 15) is 24.9 Å². The molecule has 3 N–H and O–H groups in total. The van der Waals surface area contributed by atoms with Crippen LogP contribution >= 0.6 is 0 Å². The molecule has 8 nitrogen and oxygen atoms in total. The first-order chi connectivity index (χ1) is 14.3. The third-order valence-electron chi connectivity index (χ3n) is 5.55. The number of benzene rings is 1. The number of allylic oxidation sites excluding steroid dienone is 2. The van der Waals surface area contributed by atoms with Crippen molar-refractivity contribution in [2.45, 2.75) is 51.3 Å². The third-order valence-corrected chi connectivity index (χ3v) is 5.55. The SMILES string of the molecule is CCCC1OC(C)=Cc2cc3c(c(O)c21)C(=O)C([C@H]1OC[C@@H](O)[C@H](CO)O1)=CC3=O. The second-order valence-electron chi connectivity index (χ2n) is 7.68. The van der Waals surface area contributed by atoms with E-state index in [4.69, 9.17) is 14.2 Å². The molecule has 2 heterocycles. The molecule has 1 fully saturated rings. The summed E-state index contributed by atoms with van der Waals surface area (Å²) in [5, 5.41) is 30.2. The number of phenols is 1. The van der Waals surface area contributed by atoms with Crippen LogP contribution in [0.4, 0.5) is 0 Å². The summed E-state index contributed by atoms with van der Waals surface area (Å²) in [4.78, 5) is 26.1. The molecular weight excluding hydrogens is 392 g/mol. The molecular formula is C22H24O8. The van der Waals surface area contributed by atoms with E-state index in [0.29, 0.717) is 23.3 Å². The van der Waals surface area contributed by atoms with Gasteiger partial charge in [-0.15, -0.1) is 0 Å². The fraction of sp³-hybridized carbons (Fsp3) is 0.455. The molecule has 1 aromatic carbocycles. The summed E-state index contributed by atoms with van der Waals surface area (Å²) in [6.07, 6.45) is 0.675. The zero-order chi connectivity index (χ0) is 21.6. The van der Waals surface area contributed by atoms with Crippen molar-refractivity contribution in [3.05, 3.63) is 45.7 Å². The van der Waals surface area contributed by atoms with Crippen molar-refractivity contribution in [2.75, 3.05) is 13.2 Å². The van der Waals surface area contributed by atoms with Crippen LogP contribution in [0.15, 0.2) is 23.5 Å². The largest absolute Gasteiger partial charge is 0.507 e. The van der Waals surface area contributed by atoms with Crippen LogP contribution < -0.4 is 0 Å². The molecule has 1 saturated heterocycles. The van der Waals surface area contributed by atoms with Crippen molar-refractivity contribution in [1.29, 1.82) is 0 Å². The smallest absolute Gasteiger partial charge is 0.198 e. The van der Waals surface area contributed by atoms with Crippen LogP contribution in [-0.2, 0) is 14.2 Å².